The zero-order valence-corrected chi connectivity index (χ0v) is 23.4. The van der Waals surface area contributed by atoms with E-state index in [-0.39, 0.29) is 24.1 Å². The van der Waals surface area contributed by atoms with Crippen molar-refractivity contribution in [1.82, 2.24) is 19.9 Å². The van der Waals surface area contributed by atoms with Gasteiger partial charge in [-0.15, -0.1) is 0 Å². The number of likely N-dealkylation sites (tertiary alicyclic amines) is 1. The van der Waals surface area contributed by atoms with Gasteiger partial charge in [-0.05, 0) is 76.0 Å². The average molecular weight is 541 g/mol. The Morgan fingerprint density at radius 3 is 2.50 bits per heavy atom. The van der Waals surface area contributed by atoms with Gasteiger partial charge in [-0.25, -0.2) is 9.78 Å². The molecule has 1 aliphatic heterocycles. The first-order valence-corrected chi connectivity index (χ1v) is 14.0. The van der Waals surface area contributed by atoms with E-state index in [1.807, 2.05) is 57.2 Å². The molecule has 8 heteroatoms. The minimum absolute atomic E-state index is 0.0531. The van der Waals surface area contributed by atoms with Gasteiger partial charge in [0.05, 0.1) is 17.5 Å². The standard InChI is InChI=1S/C32H36N4O4/c1-32(2,3)40-31(39)36-16-14-21(15-17-36)8-6-13-27(37)24-11-7-12-25-30(24)35-29(34-25)19-28(38)26-18-22-9-4-5-10-23(22)20-33-26/h4-5,7,9-12,18,20-21H,6,8,13-17,19H2,1-3H3,(H,34,35). The van der Waals surface area contributed by atoms with E-state index < -0.39 is 5.60 Å². The molecule has 0 spiro atoms. The lowest BCUT2D eigenvalue weighted by Crippen LogP contribution is -2.41. The van der Waals surface area contributed by atoms with Crippen molar-refractivity contribution < 1.29 is 19.1 Å². The topological polar surface area (TPSA) is 105 Å². The van der Waals surface area contributed by atoms with Crippen molar-refractivity contribution >= 4 is 39.5 Å². The Labute approximate surface area is 234 Å². The number of amides is 1. The summed E-state index contributed by atoms with van der Waals surface area (Å²) in [6.07, 6.45) is 5.56. The number of benzene rings is 2. The van der Waals surface area contributed by atoms with Gasteiger partial charge in [-0.1, -0.05) is 30.3 Å². The van der Waals surface area contributed by atoms with Gasteiger partial charge >= 0.3 is 6.09 Å². The van der Waals surface area contributed by atoms with E-state index in [9.17, 15) is 14.4 Å². The number of nitrogens with zero attached hydrogens (tertiary/aromatic N) is 3. The molecule has 208 valence electrons. The first-order chi connectivity index (χ1) is 19.2. The van der Waals surface area contributed by atoms with Crippen LogP contribution in [0.4, 0.5) is 4.79 Å². The number of ketones is 2. The molecule has 1 saturated heterocycles. The summed E-state index contributed by atoms with van der Waals surface area (Å²) in [5, 5.41) is 1.95. The highest BCUT2D eigenvalue weighted by molar-refractivity contribution is 6.06. The molecule has 2 aromatic heterocycles. The second kappa shape index (κ2) is 11.6. The average Bonchev–Trinajstić information content (AvgIpc) is 3.34. The number of rotatable bonds is 8. The number of imidazole rings is 1. The maximum Gasteiger partial charge on any atom is 0.410 e. The van der Waals surface area contributed by atoms with Crippen LogP contribution >= 0.6 is 0 Å². The van der Waals surface area contributed by atoms with Crippen LogP contribution in [-0.4, -0.2) is 56.2 Å². The van der Waals surface area contributed by atoms with Crippen LogP contribution in [0.2, 0.25) is 0 Å². The number of nitrogens with one attached hydrogen (secondary N) is 1. The molecular weight excluding hydrogens is 504 g/mol. The number of H-pyrrole nitrogens is 1. The number of fused-ring (bicyclic) bond motifs is 2. The van der Waals surface area contributed by atoms with Gasteiger partial charge in [0.1, 0.15) is 17.1 Å². The molecule has 3 heterocycles. The Balaban J connectivity index is 1.16. The highest BCUT2D eigenvalue weighted by Gasteiger charge is 2.27. The number of carbonyl (C=O) groups excluding carboxylic acids is 3. The largest absolute Gasteiger partial charge is 0.444 e. The molecule has 2 aromatic carbocycles. The Morgan fingerprint density at radius 1 is 1.00 bits per heavy atom. The molecule has 8 nitrogen and oxygen atoms in total. The van der Waals surface area contributed by atoms with Gasteiger partial charge < -0.3 is 14.6 Å². The first-order valence-electron chi connectivity index (χ1n) is 14.0. The van der Waals surface area contributed by atoms with Crippen LogP contribution < -0.4 is 0 Å². The lowest BCUT2D eigenvalue weighted by atomic mass is 9.90. The van der Waals surface area contributed by atoms with E-state index in [0.29, 0.717) is 48.0 Å². The van der Waals surface area contributed by atoms with Crippen LogP contribution in [0.5, 0.6) is 0 Å². The fraction of sp³-hybridized carbons (Fsp3) is 0.406. The molecule has 1 amide bonds. The van der Waals surface area contributed by atoms with Gasteiger partial charge in [0, 0.05) is 36.7 Å². The number of ether oxygens (including phenoxy) is 1. The van der Waals surface area contributed by atoms with Crippen LogP contribution in [0.3, 0.4) is 0 Å². The van der Waals surface area contributed by atoms with E-state index in [1.54, 1.807) is 23.2 Å². The Hall–Kier alpha value is -4.07. The summed E-state index contributed by atoms with van der Waals surface area (Å²) in [4.78, 5) is 52.4. The molecule has 0 aliphatic carbocycles. The molecule has 0 radical (unpaired) electrons. The third-order valence-electron chi connectivity index (χ3n) is 7.39. The van der Waals surface area contributed by atoms with Gasteiger partial charge in [0.2, 0.25) is 0 Å². The molecule has 0 unspecified atom stereocenters. The molecule has 40 heavy (non-hydrogen) atoms. The summed E-state index contributed by atoms with van der Waals surface area (Å²) in [6, 6.07) is 15.1. The minimum Gasteiger partial charge on any atom is -0.444 e. The van der Waals surface area contributed by atoms with Crippen molar-refractivity contribution in [3.8, 4) is 0 Å². The SMILES string of the molecule is CC(C)(C)OC(=O)N1CCC(CCCC(=O)c2cccc3[nH]c(CC(=O)c4cc5ccccc5cn4)nc23)CC1. The summed E-state index contributed by atoms with van der Waals surface area (Å²) < 4.78 is 5.48. The van der Waals surface area contributed by atoms with Gasteiger partial charge in [0.15, 0.2) is 11.6 Å². The fourth-order valence-corrected chi connectivity index (χ4v) is 5.29. The molecular formula is C32H36N4O4. The second-order valence-corrected chi connectivity index (χ2v) is 11.6. The van der Waals surface area contributed by atoms with Crippen molar-refractivity contribution in [2.75, 3.05) is 13.1 Å². The highest BCUT2D eigenvalue weighted by atomic mass is 16.6. The lowest BCUT2D eigenvalue weighted by Gasteiger charge is -2.33. The third kappa shape index (κ3) is 6.55. The second-order valence-electron chi connectivity index (χ2n) is 11.6. The molecule has 0 saturated carbocycles. The fourth-order valence-electron chi connectivity index (χ4n) is 5.29. The maximum absolute atomic E-state index is 13.2. The predicted octanol–water partition coefficient (Wildman–Crippen LogP) is 6.54. The number of carbonyl (C=O) groups is 3. The minimum atomic E-state index is -0.490. The summed E-state index contributed by atoms with van der Waals surface area (Å²) in [5.74, 6) is 0.939. The molecule has 1 aliphatic rings. The number of aromatic amines is 1. The van der Waals surface area contributed by atoms with Crippen LogP contribution in [0.25, 0.3) is 21.8 Å². The Morgan fingerprint density at radius 2 is 1.75 bits per heavy atom. The van der Waals surface area contributed by atoms with Crippen LogP contribution in [0, 0.1) is 5.92 Å². The molecule has 0 atom stereocenters. The van der Waals surface area contributed by atoms with E-state index in [2.05, 4.69) is 15.0 Å². The molecule has 1 fully saturated rings. The number of piperidine rings is 1. The van der Waals surface area contributed by atoms with Crippen molar-refractivity contribution in [2.45, 2.75) is 64.9 Å². The van der Waals surface area contributed by atoms with E-state index in [0.717, 1.165) is 42.0 Å². The lowest BCUT2D eigenvalue weighted by molar-refractivity contribution is 0.0180. The van der Waals surface area contributed by atoms with E-state index in [4.69, 9.17) is 4.74 Å². The van der Waals surface area contributed by atoms with E-state index in [1.165, 1.54) is 0 Å². The zero-order valence-electron chi connectivity index (χ0n) is 23.4. The van der Waals surface area contributed by atoms with Gasteiger partial charge in [-0.3, -0.25) is 14.6 Å². The normalized spacial score (nSPS) is 14.5. The van der Waals surface area contributed by atoms with Gasteiger partial charge in [0.25, 0.3) is 0 Å². The quantitative estimate of drug-likeness (QED) is 0.255. The van der Waals surface area contributed by atoms with Crippen LogP contribution in [-0.2, 0) is 11.2 Å². The summed E-state index contributed by atoms with van der Waals surface area (Å²) >= 11 is 0. The number of pyridine rings is 1. The van der Waals surface area contributed by atoms with Crippen molar-refractivity contribution in [3.05, 3.63) is 71.8 Å². The maximum atomic E-state index is 13.2. The molecule has 5 rings (SSSR count). The molecule has 0 bridgehead atoms. The summed E-state index contributed by atoms with van der Waals surface area (Å²) in [7, 11) is 0. The predicted molar refractivity (Wildman–Crippen MR) is 155 cm³/mol. The summed E-state index contributed by atoms with van der Waals surface area (Å²) in [5.41, 5.74) is 1.83. The number of Topliss-reactive ketones (excluding diaryl/α,β-unsaturated/α-hetero) is 2. The number of hydrogen-bond donors (Lipinski definition) is 1. The molecule has 1 N–H and O–H groups in total. The zero-order chi connectivity index (χ0) is 28.3. The third-order valence-corrected chi connectivity index (χ3v) is 7.39. The molecule has 4 aromatic rings. The van der Waals surface area contributed by atoms with E-state index >= 15 is 0 Å². The van der Waals surface area contributed by atoms with Crippen molar-refractivity contribution in [2.24, 2.45) is 5.92 Å². The summed E-state index contributed by atoms with van der Waals surface area (Å²) in [6.45, 7) is 7.01. The smallest absolute Gasteiger partial charge is 0.410 e. The monoisotopic (exact) mass is 540 g/mol. The van der Waals surface area contributed by atoms with Crippen LogP contribution in [0.1, 0.15) is 79.5 Å². The van der Waals surface area contributed by atoms with Gasteiger partial charge in [-0.2, -0.15) is 0 Å². The Kier molecular flexibility index (Phi) is 7.96. The highest BCUT2D eigenvalue weighted by Crippen LogP contribution is 2.26. The number of aromatic nitrogens is 3. The van der Waals surface area contributed by atoms with Crippen molar-refractivity contribution in [3.63, 3.8) is 0 Å². The van der Waals surface area contributed by atoms with Crippen LogP contribution in [0.15, 0.2) is 54.7 Å². The first kappa shape index (κ1) is 27.5. The van der Waals surface area contributed by atoms with Crippen molar-refractivity contribution in [1.29, 1.82) is 0 Å². The number of hydrogen-bond acceptors (Lipinski definition) is 6. The Bertz CT molecular complexity index is 1540. The number of para-hydroxylation sites is 1.